The number of rotatable bonds is 5. The molecule has 10 heteroatoms. The minimum atomic E-state index is -3.81. The van der Waals surface area contributed by atoms with E-state index in [1.807, 2.05) is 23.1 Å². The molecule has 1 aliphatic carbocycles. The maximum absolute atomic E-state index is 13.5. The van der Waals surface area contributed by atoms with Crippen molar-refractivity contribution >= 4 is 22.0 Å². The van der Waals surface area contributed by atoms with Gasteiger partial charge in [-0.25, -0.2) is 22.5 Å². The number of carbonyl (C=O) groups is 2. The highest BCUT2D eigenvalue weighted by Gasteiger charge is 2.49. The molecule has 2 aromatic rings. The smallest absolute Gasteiger partial charge is 0.319 e. The van der Waals surface area contributed by atoms with E-state index >= 15 is 0 Å². The fourth-order valence-electron chi connectivity index (χ4n) is 4.99. The third-order valence-corrected chi connectivity index (χ3v) is 8.95. The molecule has 2 aromatic carbocycles. The van der Waals surface area contributed by atoms with Gasteiger partial charge in [-0.1, -0.05) is 24.3 Å². The summed E-state index contributed by atoms with van der Waals surface area (Å²) in [7, 11) is -3.81. The Hall–Kier alpha value is -2.82. The zero-order chi connectivity index (χ0) is 24.1. The van der Waals surface area contributed by atoms with Crippen LogP contribution < -0.4 is 5.32 Å². The number of carbonyl (C=O) groups excluding carboxylic acids is 2. The first-order valence-corrected chi connectivity index (χ1v) is 12.9. The molecule has 0 radical (unpaired) electrons. The molecule has 0 spiro atoms. The van der Waals surface area contributed by atoms with E-state index in [1.165, 1.54) is 38.5 Å². The van der Waals surface area contributed by atoms with Gasteiger partial charge in [-0.05, 0) is 61.1 Å². The van der Waals surface area contributed by atoms with Gasteiger partial charge in [-0.3, -0.25) is 9.69 Å². The Kier molecular flexibility index (Phi) is 5.70. The van der Waals surface area contributed by atoms with E-state index in [2.05, 4.69) is 5.32 Å². The minimum absolute atomic E-state index is 0.0824. The molecule has 3 amide bonds. The largest absolute Gasteiger partial charge is 0.326 e. The number of benzene rings is 2. The lowest BCUT2D eigenvalue weighted by atomic mass is 9.90. The van der Waals surface area contributed by atoms with E-state index in [9.17, 15) is 22.4 Å². The molecular formula is C24H27FN4O4S. The number of hydrogen-bond donors (Lipinski definition) is 1. The van der Waals surface area contributed by atoms with Crippen molar-refractivity contribution in [3.05, 3.63) is 65.0 Å². The summed E-state index contributed by atoms with van der Waals surface area (Å²) >= 11 is 0. The number of piperazine rings is 1. The van der Waals surface area contributed by atoms with Crippen LogP contribution in [0.15, 0.2) is 47.4 Å². The number of nitrogens with zero attached hydrogens (tertiary/aromatic N) is 3. The number of sulfonamides is 1. The summed E-state index contributed by atoms with van der Waals surface area (Å²) in [5, 5.41) is 2.86. The minimum Gasteiger partial charge on any atom is -0.319 e. The number of imide groups is 1. The molecular weight excluding hydrogens is 459 g/mol. The summed E-state index contributed by atoms with van der Waals surface area (Å²) < 4.78 is 40.5. The van der Waals surface area contributed by atoms with Crippen LogP contribution in [0.2, 0.25) is 0 Å². The molecule has 1 N–H and O–H groups in total. The highest BCUT2D eigenvalue weighted by atomic mass is 32.2. The summed E-state index contributed by atoms with van der Waals surface area (Å²) in [6.45, 7) is 2.88. The second-order valence-corrected chi connectivity index (χ2v) is 11.2. The van der Waals surface area contributed by atoms with Gasteiger partial charge in [0.05, 0.1) is 11.6 Å². The predicted octanol–water partition coefficient (Wildman–Crippen LogP) is 2.05. The Balaban J connectivity index is 1.25. The second-order valence-electron chi connectivity index (χ2n) is 9.25. The van der Waals surface area contributed by atoms with Crippen LogP contribution in [0, 0.1) is 5.82 Å². The van der Waals surface area contributed by atoms with Crippen molar-refractivity contribution in [2.45, 2.75) is 36.6 Å². The van der Waals surface area contributed by atoms with Gasteiger partial charge in [0.2, 0.25) is 10.0 Å². The molecule has 2 heterocycles. The van der Waals surface area contributed by atoms with Crippen molar-refractivity contribution < 1.29 is 22.4 Å². The van der Waals surface area contributed by atoms with Gasteiger partial charge in [0.1, 0.15) is 11.4 Å². The Labute approximate surface area is 198 Å². The average molecular weight is 487 g/mol. The van der Waals surface area contributed by atoms with Crippen molar-refractivity contribution in [2.75, 3.05) is 32.8 Å². The summed E-state index contributed by atoms with van der Waals surface area (Å²) in [4.78, 5) is 29.1. The average Bonchev–Trinajstić information content (AvgIpc) is 3.38. The zero-order valence-electron chi connectivity index (χ0n) is 19.0. The lowest BCUT2D eigenvalue weighted by molar-refractivity contribution is -0.132. The van der Waals surface area contributed by atoms with Crippen molar-refractivity contribution in [1.82, 2.24) is 19.4 Å². The molecule has 0 aromatic heterocycles. The van der Waals surface area contributed by atoms with Gasteiger partial charge in [0.25, 0.3) is 5.91 Å². The first-order valence-electron chi connectivity index (χ1n) is 11.4. The molecule has 2 aliphatic heterocycles. The van der Waals surface area contributed by atoms with E-state index in [0.717, 1.165) is 30.9 Å². The highest BCUT2D eigenvalue weighted by molar-refractivity contribution is 7.89. The van der Waals surface area contributed by atoms with Crippen LogP contribution in [-0.2, 0) is 33.2 Å². The molecule has 0 saturated carbocycles. The second kappa shape index (κ2) is 8.44. The Morgan fingerprint density at radius 2 is 1.74 bits per heavy atom. The molecule has 0 unspecified atom stereocenters. The summed E-state index contributed by atoms with van der Waals surface area (Å²) in [5.41, 5.74) is 2.18. The fourth-order valence-corrected chi connectivity index (χ4v) is 6.45. The summed E-state index contributed by atoms with van der Waals surface area (Å²) in [5.74, 6) is -0.921. The third kappa shape index (κ3) is 3.89. The van der Waals surface area contributed by atoms with Crippen molar-refractivity contribution in [3.63, 3.8) is 0 Å². The first kappa shape index (κ1) is 22.9. The lowest BCUT2D eigenvalue weighted by Gasteiger charge is -2.35. The standard InChI is InChI=1S/C24H27FN4O4S/c1-24(19-9-8-17-4-2-5-18(17)14-19)22(30)29(23(31)26-24)16-27-10-12-28(13-11-27)34(32,33)21-7-3-6-20(25)15-21/h3,6-9,14-15H,2,4-5,10-13,16H2,1H3,(H,26,31)/t24-/m0/s1. The number of hydrogen-bond acceptors (Lipinski definition) is 5. The molecule has 5 rings (SSSR count). The topological polar surface area (TPSA) is 90.0 Å². The monoisotopic (exact) mass is 486 g/mol. The van der Waals surface area contributed by atoms with Crippen molar-refractivity contribution in [3.8, 4) is 0 Å². The van der Waals surface area contributed by atoms with E-state index in [1.54, 1.807) is 6.92 Å². The Bertz CT molecular complexity index is 1260. The van der Waals surface area contributed by atoms with Crippen LogP contribution >= 0.6 is 0 Å². The van der Waals surface area contributed by atoms with Crippen molar-refractivity contribution in [2.24, 2.45) is 0 Å². The number of nitrogens with one attached hydrogen (secondary N) is 1. The third-order valence-electron chi connectivity index (χ3n) is 7.06. The number of amides is 3. The number of aryl methyl sites for hydroxylation is 2. The normalized spacial score (nSPS) is 23.9. The van der Waals surface area contributed by atoms with E-state index in [-0.39, 0.29) is 30.6 Å². The molecule has 8 nitrogen and oxygen atoms in total. The van der Waals surface area contributed by atoms with Gasteiger partial charge in [0.15, 0.2) is 0 Å². The SMILES string of the molecule is C[C@@]1(c2ccc3c(c2)CCC3)NC(=O)N(CN2CCN(S(=O)(=O)c3cccc(F)c3)CC2)C1=O. The van der Waals surface area contributed by atoms with Gasteiger partial charge >= 0.3 is 6.03 Å². The first-order chi connectivity index (χ1) is 16.2. The van der Waals surface area contributed by atoms with Crippen LogP contribution in [0.3, 0.4) is 0 Å². The number of halogens is 1. The highest BCUT2D eigenvalue weighted by Crippen LogP contribution is 2.33. The lowest BCUT2D eigenvalue weighted by Crippen LogP contribution is -2.52. The van der Waals surface area contributed by atoms with Crippen LogP contribution in [0.1, 0.15) is 30.0 Å². The van der Waals surface area contributed by atoms with E-state index < -0.39 is 27.4 Å². The zero-order valence-corrected chi connectivity index (χ0v) is 19.8. The maximum atomic E-state index is 13.5. The predicted molar refractivity (Wildman–Crippen MR) is 123 cm³/mol. The summed E-state index contributed by atoms with van der Waals surface area (Å²) in [6.07, 6.45) is 3.12. The van der Waals surface area contributed by atoms with Crippen LogP contribution in [0.5, 0.6) is 0 Å². The number of urea groups is 1. The van der Waals surface area contributed by atoms with Crippen molar-refractivity contribution in [1.29, 1.82) is 0 Å². The fraction of sp³-hybridized carbons (Fsp3) is 0.417. The molecule has 180 valence electrons. The maximum Gasteiger partial charge on any atom is 0.326 e. The summed E-state index contributed by atoms with van der Waals surface area (Å²) in [6, 6.07) is 10.5. The molecule has 34 heavy (non-hydrogen) atoms. The molecule has 3 aliphatic rings. The number of fused-ring (bicyclic) bond motifs is 1. The Morgan fingerprint density at radius 3 is 2.47 bits per heavy atom. The van der Waals surface area contributed by atoms with Crippen LogP contribution in [0.25, 0.3) is 0 Å². The Morgan fingerprint density at radius 1 is 1.00 bits per heavy atom. The molecule has 0 bridgehead atoms. The van der Waals surface area contributed by atoms with Gasteiger partial charge in [-0.2, -0.15) is 4.31 Å². The van der Waals surface area contributed by atoms with Gasteiger partial charge in [0, 0.05) is 26.2 Å². The van der Waals surface area contributed by atoms with E-state index in [4.69, 9.17) is 0 Å². The molecule has 2 saturated heterocycles. The van der Waals surface area contributed by atoms with Gasteiger partial charge in [-0.15, -0.1) is 0 Å². The van der Waals surface area contributed by atoms with E-state index in [0.29, 0.717) is 13.1 Å². The van der Waals surface area contributed by atoms with Crippen LogP contribution in [0.4, 0.5) is 9.18 Å². The molecule has 1 atom stereocenters. The van der Waals surface area contributed by atoms with Gasteiger partial charge < -0.3 is 5.32 Å². The van der Waals surface area contributed by atoms with Crippen LogP contribution in [-0.4, -0.2) is 67.3 Å². The molecule has 2 fully saturated rings. The quantitative estimate of drug-likeness (QED) is 0.654.